The van der Waals surface area contributed by atoms with Crippen LogP contribution in [0.5, 0.6) is 0 Å². The van der Waals surface area contributed by atoms with Crippen LogP contribution >= 0.6 is 0 Å². The van der Waals surface area contributed by atoms with Crippen molar-refractivity contribution in [2.24, 2.45) is 0 Å². The van der Waals surface area contributed by atoms with Gasteiger partial charge >= 0.3 is 0 Å². The zero-order valence-corrected chi connectivity index (χ0v) is 16.4. The van der Waals surface area contributed by atoms with Crippen LogP contribution in [0.2, 0.25) is 0 Å². The number of allylic oxidation sites excluding steroid dienone is 1. The number of fused-ring (bicyclic) bond motifs is 1. The van der Waals surface area contributed by atoms with Crippen molar-refractivity contribution in [2.75, 3.05) is 7.05 Å². The third-order valence-electron chi connectivity index (χ3n) is 5.31. The van der Waals surface area contributed by atoms with Gasteiger partial charge in [0.05, 0.1) is 0 Å². The Morgan fingerprint density at radius 1 is 0.846 bits per heavy atom. The van der Waals surface area contributed by atoms with E-state index in [1.807, 2.05) is 13.1 Å². The Balaban J connectivity index is 1.78. The van der Waals surface area contributed by atoms with E-state index in [1.165, 1.54) is 51.4 Å². The van der Waals surface area contributed by atoms with Gasteiger partial charge in [-0.25, -0.2) is 0 Å². The number of hydrogen-bond acceptors (Lipinski definition) is 3. The molecule has 1 aromatic carbocycles. The fourth-order valence-corrected chi connectivity index (χ4v) is 3.71. The first kappa shape index (κ1) is 20.6. The summed E-state index contributed by atoms with van der Waals surface area (Å²) in [6.07, 6.45) is 14.0. The summed E-state index contributed by atoms with van der Waals surface area (Å²) in [5, 5.41) is 3.24. The lowest BCUT2D eigenvalue weighted by Crippen LogP contribution is -2.34. The molecule has 1 aliphatic carbocycles. The van der Waals surface area contributed by atoms with Gasteiger partial charge in [0, 0.05) is 22.7 Å². The second-order valence-electron chi connectivity index (χ2n) is 7.30. The fourth-order valence-electron chi connectivity index (χ4n) is 3.71. The normalized spacial score (nSPS) is 14.9. The molecule has 0 radical (unpaired) electrons. The lowest BCUT2D eigenvalue weighted by atomic mass is 9.85. The average Bonchev–Trinajstić information content (AvgIpc) is 2.67. The zero-order chi connectivity index (χ0) is 18.8. The molecular weight excluding hydrogens is 322 g/mol. The second kappa shape index (κ2) is 11.1. The van der Waals surface area contributed by atoms with Crippen LogP contribution < -0.4 is 5.32 Å². The smallest absolute Gasteiger partial charge is 0.191 e. The van der Waals surface area contributed by atoms with Gasteiger partial charge in [0.2, 0.25) is 0 Å². The number of benzene rings is 1. The van der Waals surface area contributed by atoms with E-state index in [9.17, 15) is 9.59 Å². The van der Waals surface area contributed by atoms with Gasteiger partial charge in [0.15, 0.2) is 11.6 Å². The number of unbranched alkanes of at least 4 members (excludes halogenated alkanes) is 8. The summed E-state index contributed by atoms with van der Waals surface area (Å²) in [5.74, 6) is -0.0574. The Morgan fingerprint density at radius 3 is 2.04 bits per heavy atom. The van der Waals surface area contributed by atoms with Gasteiger partial charge in [0.1, 0.15) is 0 Å². The van der Waals surface area contributed by atoms with Gasteiger partial charge in [-0.2, -0.15) is 0 Å². The fraction of sp³-hybridized carbons (Fsp3) is 0.565. The highest BCUT2D eigenvalue weighted by Crippen LogP contribution is 2.25. The summed E-state index contributed by atoms with van der Waals surface area (Å²) in [6, 6.07) is 7.08. The number of carbonyl (C=O) groups is 2. The predicted octanol–water partition coefficient (Wildman–Crippen LogP) is 5.50. The van der Waals surface area contributed by atoms with Crippen LogP contribution in [0.25, 0.3) is 0 Å². The van der Waals surface area contributed by atoms with Gasteiger partial charge in [-0.1, -0.05) is 89.0 Å². The van der Waals surface area contributed by atoms with E-state index in [2.05, 4.69) is 12.2 Å². The molecule has 1 unspecified atom stereocenters. The average molecular weight is 356 g/mol. The molecule has 0 fully saturated rings. The number of nitrogens with one attached hydrogen (secondary N) is 1. The monoisotopic (exact) mass is 355 g/mol. The van der Waals surface area contributed by atoms with Crippen molar-refractivity contribution in [1.29, 1.82) is 0 Å². The van der Waals surface area contributed by atoms with Crippen LogP contribution in [0.15, 0.2) is 35.9 Å². The summed E-state index contributed by atoms with van der Waals surface area (Å²) in [5.41, 5.74) is 1.69. The Labute approximate surface area is 158 Å². The summed E-state index contributed by atoms with van der Waals surface area (Å²) in [6.45, 7) is 2.25. The van der Waals surface area contributed by atoms with E-state index in [0.717, 1.165) is 12.8 Å². The van der Waals surface area contributed by atoms with E-state index in [4.69, 9.17) is 0 Å². The van der Waals surface area contributed by atoms with Crippen LogP contribution in [0.4, 0.5) is 0 Å². The largest absolute Gasteiger partial charge is 0.313 e. The molecule has 0 saturated carbocycles. The van der Waals surface area contributed by atoms with Crippen LogP contribution in [0.1, 0.15) is 91.8 Å². The molecule has 2 rings (SSSR count). The standard InChI is InChI=1S/C23H33NO2/c1-3-4-5-6-7-8-9-10-11-16-21(24-2)20-17-22(25)18-14-12-13-15-19(18)23(20)26/h12-15,17,21,24H,3-11,16H2,1-2H3. The van der Waals surface area contributed by atoms with Crippen molar-refractivity contribution in [1.82, 2.24) is 5.32 Å². The SMILES string of the molecule is CCCCCCCCCCCC(NC)C1=CC(=O)c2ccccc2C1=O. The Morgan fingerprint density at radius 2 is 1.42 bits per heavy atom. The van der Waals surface area contributed by atoms with Crippen LogP contribution in [0.3, 0.4) is 0 Å². The Kier molecular flexibility index (Phi) is 8.76. The first-order chi connectivity index (χ1) is 12.7. The van der Waals surface area contributed by atoms with E-state index in [-0.39, 0.29) is 17.6 Å². The maximum atomic E-state index is 12.8. The van der Waals surface area contributed by atoms with E-state index in [0.29, 0.717) is 16.7 Å². The number of ketones is 2. The lowest BCUT2D eigenvalue weighted by molar-refractivity contribution is 0.0977. The molecule has 1 aromatic rings. The molecule has 0 bridgehead atoms. The maximum absolute atomic E-state index is 12.8. The molecule has 0 aromatic heterocycles. The first-order valence-corrected chi connectivity index (χ1v) is 10.3. The van der Waals surface area contributed by atoms with Crippen molar-refractivity contribution in [2.45, 2.75) is 77.2 Å². The predicted molar refractivity (Wildman–Crippen MR) is 108 cm³/mol. The summed E-state index contributed by atoms with van der Waals surface area (Å²) >= 11 is 0. The molecule has 3 nitrogen and oxygen atoms in total. The molecule has 0 spiro atoms. The highest BCUT2D eigenvalue weighted by molar-refractivity contribution is 6.24. The molecule has 0 aliphatic heterocycles. The van der Waals surface area contributed by atoms with Gasteiger partial charge < -0.3 is 5.32 Å². The number of likely N-dealkylation sites (N-methyl/N-ethyl adjacent to an activating group) is 1. The Bertz CT molecular complexity index is 633. The lowest BCUT2D eigenvalue weighted by Gasteiger charge is -2.22. The maximum Gasteiger partial charge on any atom is 0.191 e. The highest BCUT2D eigenvalue weighted by atomic mass is 16.1. The van der Waals surface area contributed by atoms with Crippen molar-refractivity contribution in [3.63, 3.8) is 0 Å². The summed E-state index contributed by atoms with van der Waals surface area (Å²) in [4.78, 5) is 25.1. The topological polar surface area (TPSA) is 46.2 Å². The molecular formula is C23H33NO2. The Hall–Kier alpha value is -1.74. The number of carbonyl (C=O) groups excluding carboxylic acids is 2. The second-order valence-corrected chi connectivity index (χ2v) is 7.30. The van der Waals surface area contributed by atoms with E-state index >= 15 is 0 Å². The molecule has 1 aliphatic rings. The van der Waals surface area contributed by atoms with Gasteiger partial charge in [0.25, 0.3) is 0 Å². The number of hydrogen-bond donors (Lipinski definition) is 1. The van der Waals surface area contributed by atoms with Crippen LogP contribution in [0, 0.1) is 0 Å². The molecule has 1 N–H and O–H groups in total. The molecule has 0 heterocycles. The van der Waals surface area contributed by atoms with Gasteiger partial charge in [-0.05, 0) is 19.5 Å². The first-order valence-electron chi connectivity index (χ1n) is 10.3. The third-order valence-corrected chi connectivity index (χ3v) is 5.31. The van der Waals surface area contributed by atoms with Crippen molar-refractivity contribution in [3.8, 4) is 0 Å². The van der Waals surface area contributed by atoms with Crippen LogP contribution in [-0.2, 0) is 0 Å². The van der Waals surface area contributed by atoms with Crippen molar-refractivity contribution < 1.29 is 9.59 Å². The molecule has 26 heavy (non-hydrogen) atoms. The number of rotatable bonds is 12. The zero-order valence-electron chi connectivity index (χ0n) is 16.4. The van der Waals surface area contributed by atoms with Crippen LogP contribution in [-0.4, -0.2) is 24.7 Å². The molecule has 3 heteroatoms. The van der Waals surface area contributed by atoms with Gasteiger partial charge in [-0.15, -0.1) is 0 Å². The molecule has 1 atom stereocenters. The number of Topliss-reactive ketones (excluding diaryl/α,β-unsaturated/α-hetero) is 1. The quantitative estimate of drug-likeness (QED) is 0.504. The van der Waals surface area contributed by atoms with Crippen molar-refractivity contribution >= 4 is 11.6 Å². The summed E-state index contributed by atoms with van der Waals surface area (Å²) < 4.78 is 0. The molecule has 0 saturated heterocycles. The highest BCUT2D eigenvalue weighted by Gasteiger charge is 2.29. The van der Waals surface area contributed by atoms with Crippen molar-refractivity contribution in [3.05, 3.63) is 47.0 Å². The summed E-state index contributed by atoms with van der Waals surface area (Å²) in [7, 11) is 1.87. The molecule has 142 valence electrons. The minimum atomic E-state index is -0.0532. The van der Waals surface area contributed by atoms with Gasteiger partial charge in [-0.3, -0.25) is 9.59 Å². The minimum Gasteiger partial charge on any atom is -0.313 e. The van der Waals surface area contributed by atoms with E-state index < -0.39 is 0 Å². The minimum absolute atomic E-state index is 0.00419. The van der Waals surface area contributed by atoms with E-state index in [1.54, 1.807) is 24.3 Å². The third kappa shape index (κ3) is 5.63. The molecule has 0 amide bonds.